The molecule has 0 aromatic rings. The van der Waals surface area contributed by atoms with Gasteiger partial charge in [0.15, 0.2) is 6.10 Å². The predicted octanol–water partition coefficient (Wildman–Crippen LogP) is 11.3. The molecule has 0 aromatic carbocycles. The molecule has 0 rings (SSSR count). The average molecular weight is 635 g/mol. The molecule has 0 saturated heterocycles. The SMILES string of the molecule is CCCCC/C=C\C/C=C\CCCCCCCC(=O)OC[C@@H](COC(C)=O)OC(=O)CCCCCCCCCCCCCCC. The van der Waals surface area contributed by atoms with Gasteiger partial charge < -0.3 is 14.2 Å². The maximum atomic E-state index is 12.4. The standard InChI is InChI=1S/C39H70O6/c1-4-6-8-10-12-14-16-18-19-21-22-24-26-28-30-32-38(41)44-35-37(34-43-36(3)40)45-39(42)33-31-29-27-25-23-20-17-15-13-11-9-7-5-2/h12,14,18-19,37H,4-11,13,15-17,20-35H2,1-3H3/b14-12-,19-18-/t37-/m1/s1. The summed E-state index contributed by atoms with van der Waals surface area (Å²) in [5.74, 6) is -1.09. The van der Waals surface area contributed by atoms with Gasteiger partial charge in [0.1, 0.15) is 13.2 Å². The van der Waals surface area contributed by atoms with E-state index in [1.54, 1.807) is 0 Å². The lowest BCUT2D eigenvalue weighted by molar-refractivity contribution is -0.166. The molecule has 0 bridgehead atoms. The first-order valence-electron chi connectivity index (χ1n) is 18.8. The van der Waals surface area contributed by atoms with Crippen molar-refractivity contribution in [2.45, 2.75) is 194 Å². The van der Waals surface area contributed by atoms with Gasteiger partial charge in [-0.05, 0) is 44.9 Å². The Morgan fingerprint density at radius 1 is 0.489 bits per heavy atom. The summed E-state index contributed by atoms with van der Waals surface area (Å²) < 4.78 is 15.9. The van der Waals surface area contributed by atoms with Crippen LogP contribution in [-0.4, -0.2) is 37.2 Å². The minimum atomic E-state index is -0.767. The number of unbranched alkanes of at least 4 members (excludes halogenated alkanes) is 20. The Hall–Kier alpha value is -2.11. The molecule has 1 atom stereocenters. The Labute approximate surface area is 277 Å². The zero-order valence-electron chi connectivity index (χ0n) is 29.6. The van der Waals surface area contributed by atoms with Gasteiger partial charge in [-0.3, -0.25) is 14.4 Å². The Balaban J connectivity index is 3.88. The summed E-state index contributed by atoms with van der Waals surface area (Å²) in [5.41, 5.74) is 0. The normalized spacial score (nSPS) is 12.2. The van der Waals surface area contributed by atoms with Crippen LogP contribution in [0.5, 0.6) is 0 Å². The van der Waals surface area contributed by atoms with Gasteiger partial charge in [0, 0.05) is 19.8 Å². The monoisotopic (exact) mass is 635 g/mol. The lowest BCUT2D eigenvalue weighted by Gasteiger charge is -2.18. The van der Waals surface area contributed by atoms with Crippen LogP contribution in [0.4, 0.5) is 0 Å². The van der Waals surface area contributed by atoms with Crippen LogP contribution in [0.1, 0.15) is 188 Å². The molecule has 0 aliphatic rings. The van der Waals surface area contributed by atoms with Crippen LogP contribution in [-0.2, 0) is 28.6 Å². The molecule has 0 heterocycles. The van der Waals surface area contributed by atoms with Crippen LogP contribution in [0, 0.1) is 0 Å². The average Bonchev–Trinajstić information content (AvgIpc) is 3.02. The molecule has 262 valence electrons. The third-order valence-corrected chi connectivity index (χ3v) is 8.02. The van der Waals surface area contributed by atoms with Crippen molar-refractivity contribution in [1.82, 2.24) is 0 Å². The minimum Gasteiger partial charge on any atom is -0.462 e. The van der Waals surface area contributed by atoms with Crippen molar-refractivity contribution in [2.24, 2.45) is 0 Å². The van der Waals surface area contributed by atoms with Gasteiger partial charge in [0.2, 0.25) is 0 Å². The highest BCUT2D eigenvalue weighted by Crippen LogP contribution is 2.14. The van der Waals surface area contributed by atoms with E-state index in [0.717, 1.165) is 57.8 Å². The van der Waals surface area contributed by atoms with Crippen LogP contribution in [0.15, 0.2) is 24.3 Å². The van der Waals surface area contributed by atoms with Crippen molar-refractivity contribution in [3.8, 4) is 0 Å². The molecular formula is C39H70O6. The molecule has 0 N–H and O–H groups in total. The van der Waals surface area contributed by atoms with Crippen LogP contribution in [0.3, 0.4) is 0 Å². The Kier molecular flexibility index (Phi) is 33.1. The summed E-state index contributed by atoms with van der Waals surface area (Å²) in [4.78, 5) is 35.9. The highest BCUT2D eigenvalue weighted by Gasteiger charge is 2.18. The molecule has 0 aliphatic heterocycles. The van der Waals surface area contributed by atoms with E-state index in [2.05, 4.69) is 38.2 Å². The van der Waals surface area contributed by atoms with Crippen molar-refractivity contribution in [2.75, 3.05) is 13.2 Å². The number of carbonyl (C=O) groups is 3. The van der Waals surface area contributed by atoms with E-state index < -0.39 is 12.1 Å². The third kappa shape index (κ3) is 34.6. The maximum absolute atomic E-state index is 12.4. The van der Waals surface area contributed by atoms with Gasteiger partial charge in [-0.15, -0.1) is 0 Å². The maximum Gasteiger partial charge on any atom is 0.306 e. The number of ether oxygens (including phenoxy) is 3. The van der Waals surface area contributed by atoms with Gasteiger partial charge in [-0.2, -0.15) is 0 Å². The zero-order valence-corrected chi connectivity index (χ0v) is 29.6. The number of hydrogen-bond donors (Lipinski definition) is 0. The Morgan fingerprint density at radius 2 is 0.889 bits per heavy atom. The number of carbonyl (C=O) groups excluding carboxylic acids is 3. The molecule has 0 aliphatic carbocycles. The van der Waals surface area contributed by atoms with E-state index in [9.17, 15) is 14.4 Å². The molecule has 0 spiro atoms. The number of rotatable bonds is 33. The zero-order chi connectivity index (χ0) is 33.1. The summed E-state index contributed by atoms with van der Waals surface area (Å²) in [6.45, 7) is 5.61. The highest BCUT2D eigenvalue weighted by atomic mass is 16.6. The molecule has 0 saturated carbocycles. The molecule has 0 fully saturated rings. The second-order valence-electron chi connectivity index (χ2n) is 12.6. The first-order chi connectivity index (χ1) is 22.0. The highest BCUT2D eigenvalue weighted by molar-refractivity contribution is 5.70. The molecule has 0 unspecified atom stereocenters. The first kappa shape index (κ1) is 42.9. The number of esters is 3. The number of allylic oxidation sites excluding steroid dienone is 4. The largest absolute Gasteiger partial charge is 0.462 e. The van der Waals surface area contributed by atoms with Crippen LogP contribution < -0.4 is 0 Å². The fourth-order valence-corrected chi connectivity index (χ4v) is 5.20. The summed E-state index contributed by atoms with van der Waals surface area (Å²) in [5, 5.41) is 0. The molecular weight excluding hydrogens is 564 g/mol. The topological polar surface area (TPSA) is 78.9 Å². The van der Waals surface area contributed by atoms with Gasteiger partial charge in [0.25, 0.3) is 0 Å². The molecule has 0 aromatic heterocycles. The third-order valence-electron chi connectivity index (χ3n) is 8.02. The summed E-state index contributed by atoms with van der Waals surface area (Å²) >= 11 is 0. The lowest BCUT2D eigenvalue weighted by atomic mass is 10.0. The molecule has 45 heavy (non-hydrogen) atoms. The fourth-order valence-electron chi connectivity index (χ4n) is 5.20. The first-order valence-corrected chi connectivity index (χ1v) is 18.8. The van der Waals surface area contributed by atoms with Crippen LogP contribution in [0.25, 0.3) is 0 Å². The smallest absolute Gasteiger partial charge is 0.306 e. The van der Waals surface area contributed by atoms with Crippen LogP contribution >= 0.6 is 0 Å². The molecule has 6 nitrogen and oxygen atoms in total. The van der Waals surface area contributed by atoms with Crippen molar-refractivity contribution in [3.63, 3.8) is 0 Å². The Bertz CT molecular complexity index is 744. The van der Waals surface area contributed by atoms with Crippen molar-refractivity contribution >= 4 is 17.9 Å². The van der Waals surface area contributed by atoms with Crippen molar-refractivity contribution in [3.05, 3.63) is 24.3 Å². The molecule has 0 amide bonds. The fraction of sp³-hybridized carbons (Fsp3) is 0.821. The molecule has 6 heteroatoms. The summed E-state index contributed by atoms with van der Waals surface area (Å²) in [6.07, 6.45) is 37.6. The van der Waals surface area contributed by atoms with E-state index >= 15 is 0 Å². The second-order valence-corrected chi connectivity index (χ2v) is 12.6. The van der Waals surface area contributed by atoms with Gasteiger partial charge >= 0.3 is 17.9 Å². The van der Waals surface area contributed by atoms with E-state index in [1.165, 1.54) is 103 Å². The lowest BCUT2D eigenvalue weighted by Crippen LogP contribution is -2.30. The van der Waals surface area contributed by atoms with Gasteiger partial charge in [-0.1, -0.05) is 147 Å². The second kappa shape index (κ2) is 34.8. The van der Waals surface area contributed by atoms with Gasteiger partial charge in [0.05, 0.1) is 0 Å². The predicted molar refractivity (Wildman–Crippen MR) is 187 cm³/mol. The van der Waals surface area contributed by atoms with E-state index in [0.29, 0.717) is 12.8 Å². The molecule has 0 radical (unpaired) electrons. The van der Waals surface area contributed by atoms with Crippen LogP contribution in [0.2, 0.25) is 0 Å². The minimum absolute atomic E-state index is 0.0866. The Morgan fingerprint density at radius 3 is 1.40 bits per heavy atom. The van der Waals surface area contributed by atoms with Gasteiger partial charge in [-0.25, -0.2) is 0 Å². The van der Waals surface area contributed by atoms with E-state index in [-0.39, 0.29) is 25.2 Å². The summed E-state index contributed by atoms with van der Waals surface area (Å²) in [7, 11) is 0. The van der Waals surface area contributed by atoms with Crippen molar-refractivity contribution < 1.29 is 28.6 Å². The van der Waals surface area contributed by atoms with E-state index in [4.69, 9.17) is 14.2 Å². The number of hydrogen-bond acceptors (Lipinski definition) is 6. The van der Waals surface area contributed by atoms with E-state index in [1.807, 2.05) is 0 Å². The summed E-state index contributed by atoms with van der Waals surface area (Å²) in [6, 6.07) is 0. The quantitative estimate of drug-likeness (QED) is 0.0309. The van der Waals surface area contributed by atoms with Crippen molar-refractivity contribution in [1.29, 1.82) is 0 Å².